The van der Waals surface area contributed by atoms with E-state index in [2.05, 4.69) is 40.0 Å². The van der Waals surface area contributed by atoms with Crippen LogP contribution in [0.25, 0.3) is 0 Å². The summed E-state index contributed by atoms with van der Waals surface area (Å²) in [5.41, 5.74) is 1.36. The predicted molar refractivity (Wildman–Crippen MR) is 86.2 cm³/mol. The number of nitrogens with zero attached hydrogens (tertiary/aromatic N) is 3. The van der Waals surface area contributed by atoms with Gasteiger partial charge in [0, 0.05) is 24.3 Å². The monoisotopic (exact) mass is 290 g/mol. The number of rotatable bonds is 4. The van der Waals surface area contributed by atoms with Gasteiger partial charge in [0.05, 0.1) is 6.20 Å². The Kier molecular flexibility index (Phi) is 4.96. The Morgan fingerprint density at radius 2 is 2.05 bits per heavy atom. The molecule has 0 amide bonds. The molecule has 0 spiro atoms. The van der Waals surface area contributed by atoms with Gasteiger partial charge in [0.25, 0.3) is 0 Å². The first kappa shape index (κ1) is 15.0. The average Bonchev–Trinajstić information content (AvgIpc) is 2.98. The zero-order valence-electron chi connectivity index (χ0n) is 13.6. The molecule has 0 saturated carbocycles. The molecular formula is C17H30N4. The minimum atomic E-state index is 0.461. The maximum absolute atomic E-state index is 4.45. The van der Waals surface area contributed by atoms with Crippen molar-refractivity contribution in [2.75, 3.05) is 26.2 Å². The van der Waals surface area contributed by atoms with Crippen LogP contribution in [0, 0.1) is 11.8 Å². The molecule has 0 aliphatic carbocycles. The van der Waals surface area contributed by atoms with Gasteiger partial charge in [-0.25, -0.2) is 0 Å². The molecular weight excluding hydrogens is 260 g/mol. The van der Waals surface area contributed by atoms with E-state index in [1.807, 2.05) is 6.20 Å². The molecule has 118 valence electrons. The molecule has 3 heterocycles. The zero-order valence-corrected chi connectivity index (χ0v) is 13.6. The summed E-state index contributed by atoms with van der Waals surface area (Å²) in [5, 5.41) is 8.02. The zero-order chi connectivity index (χ0) is 14.7. The van der Waals surface area contributed by atoms with Crippen molar-refractivity contribution in [3.63, 3.8) is 0 Å². The number of likely N-dealkylation sites (tertiary alicyclic amines) is 1. The molecule has 4 heteroatoms. The van der Waals surface area contributed by atoms with E-state index in [0.717, 1.165) is 18.4 Å². The second kappa shape index (κ2) is 6.93. The summed E-state index contributed by atoms with van der Waals surface area (Å²) in [6.07, 6.45) is 9.83. The minimum Gasteiger partial charge on any atom is -0.316 e. The maximum atomic E-state index is 4.45. The Bertz CT molecular complexity index is 426. The first-order valence-electron chi connectivity index (χ1n) is 8.68. The smallest absolute Gasteiger partial charge is 0.0534 e. The summed E-state index contributed by atoms with van der Waals surface area (Å²) < 4.78 is 2.07. The van der Waals surface area contributed by atoms with Gasteiger partial charge in [0.2, 0.25) is 0 Å². The lowest BCUT2D eigenvalue weighted by Crippen LogP contribution is -2.40. The van der Waals surface area contributed by atoms with E-state index >= 15 is 0 Å². The summed E-state index contributed by atoms with van der Waals surface area (Å²) in [7, 11) is 0. The Labute approximate surface area is 128 Å². The van der Waals surface area contributed by atoms with Crippen LogP contribution in [-0.2, 0) is 6.54 Å². The minimum absolute atomic E-state index is 0.461. The standard InChI is InChI=1S/C17H30N4/c1-14(2)21-13-15(10-19-21)12-20-8-5-16(6-9-20)17-4-3-7-18-11-17/h10,13-14,16-18H,3-9,11-12H2,1-2H3. The Morgan fingerprint density at radius 1 is 1.24 bits per heavy atom. The first-order valence-corrected chi connectivity index (χ1v) is 8.68. The molecule has 1 N–H and O–H groups in total. The highest BCUT2D eigenvalue weighted by atomic mass is 15.3. The molecule has 1 atom stereocenters. The summed E-state index contributed by atoms with van der Waals surface area (Å²) in [5.74, 6) is 1.89. The molecule has 2 fully saturated rings. The van der Waals surface area contributed by atoms with Crippen molar-refractivity contribution in [2.45, 2.75) is 52.1 Å². The number of piperidine rings is 2. The van der Waals surface area contributed by atoms with E-state index < -0.39 is 0 Å². The molecule has 1 unspecified atom stereocenters. The lowest BCUT2D eigenvalue weighted by molar-refractivity contribution is 0.128. The molecule has 3 rings (SSSR count). The Morgan fingerprint density at radius 3 is 2.67 bits per heavy atom. The SMILES string of the molecule is CC(C)n1cc(CN2CCC(C3CCCNC3)CC2)cn1. The molecule has 0 radical (unpaired) electrons. The van der Waals surface area contributed by atoms with Crippen LogP contribution in [0.4, 0.5) is 0 Å². The molecule has 2 aliphatic heterocycles. The van der Waals surface area contributed by atoms with Crippen LogP contribution in [-0.4, -0.2) is 40.9 Å². The van der Waals surface area contributed by atoms with Gasteiger partial charge < -0.3 is 5.32 Å². The van der Waals surface area contributed by atoms with Crippen LogP contribution >= 0.6 is 0 Å². The number of hydrogen-bond acceptors (Lipinski definition) is 3. The van der Waals surface area contributed by atoms with Crippen LogP contribution in [0.1, 0.15) is 51.1 Å². The normalized spacial score (nSPS) is 25.6. The van der Waals surface area contributed by atoms with Crippen LogP contribution < -0.4 is 5.32 Å². The van der Waals surface area contributed by atoms with Gasteiger partial charge in [-0.05, 0) is 77.5 Å². The molecule has 2 saturated heterocycles. The van der Waals surface area contributed by atoms with Gasteiger partial charge in [-0.15, -0.1) is 0 Å². The van der Waals surface area contributed by atoms with Gasteiger partial charge in [-0.3, -0.25) is 9.58 Å². The predicted octanol–water partition coefficient (Wildman–Crippen LogP) is 2.68. The van der Waals surface area contributed by atoms with Crippen LogP contribution in [0.15, 0.2) is 12.4 Å². The first-order chi connectivity index (χ1) is 10.2. The van der Waals surface area contributed by atoms with Crippen molar-refractivity contribution in [1.29, 1.82) is 0 Å². The van der Waals surface area contributed by atoms with Crippen molar-refractivity contribution in [1.82, 2.24) is 20.0 Å². The molecule has 2 aliphatic rings. The van der Waals surface area contributed by atoms with E-state index in [1.54, 1.807) is 0 Å². The van der Waals surface area contributed by atoms with Crippen molar-refractivity contribution in [2.24, 2.45) is 11.8 Å². The third kappa shape index (κ3) is 3.86. The van der Waals surface area contributed by atoms with Crippen LogP contribution in [0.5, 0.6) is 0 Å². The molecule has 21 heavy (non-hydrogen) atoms. The van der Waals surface area contributed by atoms with E-state index in [9.17, 15) is 0 Å². The molecule has 1 aromatic rings. The van der Waals surface area contributed by atoms with Crippen LogP contribution in [0.3, 0.4) is 0 Å². The number of hydrogen-bond donors (Lipinski definition) is 1. The molecule has 4 nitrogen and oxygen atoms in total. The van der Waals surface area contributed by atoms with Gasteiger partial charge in [0.1, 0.15) is 0 Å². The number of aromatic nitrogens is 2. The van der Waals surface area contributed by atoms with E-state index in [-0.39, 0.29) is 0 Å². The lowest BCUT2D eigenvalue weighted by Gasteiger charge is -2.37. The molecule has 0 aromatic carbocycles. The van der Waals surface area contributed by atoms with E-state index in [0.29, 0.717) is 6.04 Å². The highest BCUT2D eigenvalue weighted by Crippen LogP contribution is 2.29. The fourth-order valence-electron chi connectivity index (χ4n) is 3.86. The maximum Gasteiger partial charge on any atom is 0.0534 e. The van der Waals surface area contributed by atoms with E-state index in [4.69, 9.17) is 0 Å². The van der Waals surface area contributed by atoms with Crippen molar-refractivity contribution < 1.29 is 0 Å². The van der Waals surface area contributed by atoms with Crippen molar-refractivity contribution in [3.8, 4) is 0 Å². The fraction of sp³-hybridized carbons (Fsp3) is 0.824. The topological polar surface area (TPSA) is 33.1 Å². The summed E-state index contributed by atoms with van der Waals surface area (Å²) in [4.78, 5) is 2.61. The third-order valence-corrected chi connectivity index (χ3v) is 5.22. The highest BCUT2D eigenvalue weighted by Gasteiger charge is 2.27. The highest BCUT2D eigenvalue weighted by molar-refractivity contribution is 5.04. The second-order valence-electron chi connectivity index (χ2n) is 7.14. The Hall–Kier alpha value is -0.870. The average molecular weight is 290 g/mol. The second-order valence-corrected chi connectivity index (χ2v) is 7.14. The largest absolute Gasteiger partial charge is 0.316 e. The Balaban J connectivity index is 1.46. The molecule has 0 bridgehead atoms. The van der Waals surface area contributed by atoms with Gasteiger partial charge >= 0.3 is 0 Å². The van der Waals surface area contributed by atoms with Gasteiger partial charge in [-0.2, -0.15) is 5.10 Å². The quantitative estimate of drug-likeness (QED) is 0.925. The summed E-state index contributed by atoms with van der Waals surface area (Å²) in [6.45, 7) is 10.4. The lowest BCUT2D eigenvalue weighted by atomic mass is 9.80. The van der Waals surface area contributed by atoms with E-state index in [1.165, 1.54) is 57.4 Å². The van der Waals surface area contributed by atoms with Gasteiger partial charge in [0.15, 0.2) is 0 Å². The summed E-state index contributed by atoms with van der Waals surface area (Å²) in [6, 6.07) is 0.461. The fourth-order valence-corrected chi connectivity index (χ4v) is 3.86. The van der Waals surface area contributed by atoms with Crippen molar-refractivity contribution >= 4 is 0 Å². The summed E-state index contributed by atoms with van der Waals surface area (Å²) >= 11 is 0. The number of nitrogens with one attached hydrogen (secondary N) is 1. The van der Waals surface area contributed by atoms with Crippen LogP contribution in [0.2, 0.25) is 0 Å². The molecule has 1 aromatic heterocycles. The van der Waals surface area contributed by atoms with Crippen molar-refractivity contribution in [3.05, 3.63) is 18.0 Å². The third-order valence-electron chi connectivity index (χ3n) is 5.22. The van der Waals surface area contributed by atoms with Gasteiger partial charge in [-0.1, -0.05) is 0 Å².